The number of hydrogen-bond donors (Lipinski definition) is 1. The van der Waals surface area contributed by atoms with Gasteiger partial charge in [-0.2, -0.15) is 0 Å². The number of aliphatic carboxylic acids is 1. The molecule has 0 radical (unpaired) electrons. The molecule has 0 spiro atoms. The number of ether oxygens (including phenoxy) is 1. The zero-order valence-corrected chi connectivity index (χ0v) is 11.1. The number of carbonyl (C=O) groups is 3. The van der Waals surface area contributed by atoms with Crippen molar-refractivity contribution in [2.45, 2.75) is 19.3 Å². The predicted octanol–water partition coefficient (Wildman–Crippen LogP) is -0.441. The van der Waals surface area contributed by atoms with Gasteiger partial charge in [0.25, 0.3) is 0 Å². The molecule has 7 heteroatoms. The standard InChI is InChI=1S/C12H20N2O5/c1-19-12(18)4-5-13-6-8-14(9-7-13)10(15)2-3-11(16)17/h2-9H2,1H3,(H,16,17). The minimum absolute atomic E-state index is 0.0531. The minimum Gasteiger partial charge on any atom is -0.481 e. The van der Waals surface area contributed by atoms with Gasteiger partial charge in [-0.05, 0) is 0 Å². The number of amides is 1. The Hall–Kier alpha value is -1.63. The van der Waals surface area contributed by atoms with Gasteiger partial charge in [0.15, 0.2) is 0 Å². The van der Waals surface area contributed by atoms with E-state index in [-0.39, 0.29) is 24.7 Å². The van der Waals surface area contributed by atoms with Gasteiger partial charge in [0.1, 0.15) is 0 Å². The molecule has 1 N–H and O–H groups in total. The molecule has 108 valence electrons. The maximum Gasteiger partial charge on any atom is 0.306 e. The van der Waals surface area contributed by atoms with Gasteiger partial charge in [0.05, 0.1) is 20.0 Å². The third-order valence-electron chi connectivity index (χ3n) is 3.14. The Morgan fingerprint density at radius 3 is 2.21 bits per heavy atom. The van der Waals surface area contributed by atoms with Crippen LogP contribution in [0.15, 0.2) is 0 Å². The molecule has 1 amide bonds. The van der Waals surface area contributed by atoms with Crippen LogP contribution in [0.5, 0.6) is 0 Å². The third kappa shape index (κ3) is 5.69. The number of carboxylic acids is 1. The topological polar surface area (TPSA) is 87.2 Å². The fourth-order valence-corrected chi connectivity index (χ4v) is 1.94. The van der Waals surface area contributed by atoms with Crippen LogP contribution in [0.3, 0.4) is 0 Å². The molecule has 0 atom stereocenters. The van der Waals surface area contributed by atoms with E-state index in [0.29, 0.717) is 39.1 Å². The molecule has 19 heavy (non-hydrogen) atoms. The lowest BCUT2D eigenvalue weighted by Crippen LogP contribution is -2.49. The van der Waals surface area contributed by atoms with E-state index in [4.69, 9.17) is 5.11 Å². The summed E-state index contributed by atoms with van der Waals surface area (Å²) < 4.78 is 4.57. The summed E-state index contributed by atoms with van der Waals surface area (Å²) in [5.74, 6) is -1.31. The Balaban J connectivity index is 2.22. The monoisotopic (exact) mass is 272 g/mol. The lowest BCUT2D eigenvalue weighted by atomic mass is 10.2. The Morgan fingerprint density at radius 1 is 1.05 bits per heavy atom. The van der Waals surface area contributed by atoms with Crippen molar-refractivity contribution in [1.82, 2.24) is 9.80 Å². The number of methoxy groups -OCH3 is 1. The van der Waals surface area contributed by atoms with Crippen molar-refractivity contribution in [3.8, 4) is 0 Å². The van der Waals surface area contributed by atoms with Gasteiger partial charge in [-0.25, -0.2) is 0 Å². The second-order valence-corrected chi connectivity index (χ2v) is 4.44. The molecule has 0 aromatic rings. The van der Waals surface area contributed by atoms with Crippen molar-refractivity contribution in [2.75, 3.05) is 39.8 Å². The Bertz CT molecular complexity index is 337. The second-order valence-electron chi connectivity index (χ2n) is 4.44. The van der Waals surface area contributed by atoms with Gasteiger partial charge in [0, 0.05) is 39.1 Å². The molecule has 0 aromatic heterocycles. The molecule has 1 saturated heterocycles. The lowest BCUT2D eigenvalue weighted by molar-refractivity contribution is -0.142. The fraction of sp³-hybridized carbons (Fsp3) is 0.750. The molecule has 0 unspecified atom stereocenters. The summed E-state index contributed by atoms with van der Waals surface area (Å²) in [4.78, 5) is 36.9. The number of piperazine rings is 1. The van der Waals surface area contributed by atoms with E-state index in [1.54, 1.807) is 4.90 Å². The maximum absolute atomic E-state index is 11.7. The highest BCUT2D eigenvalue weighted by Gasteiger charge is 2.21. The number of nitrogens with zero attached hydrogens (tertiary/aromatic N) is 2. The summed E-state index contributed by atoms with van der Waals surface area (Å²) in [7, 11) is 1.36. The molecule has 1 aliphatic rings. The largest absolute Gasteiger partial charge is 0.481 e. The molecule has 1 heterocycles. The number of hydrogen-bond acceptors (Lipinski definition) is 5. The van der Waals surface area contributed by atoms with Crippen LogP contribution in [0.2, 0.25) is 0 Å². The first kappa shape index (κ1) is 15.4. The van der Waals surface area contributed by atoms with Crippen LogP contribution in [0, 0.1) is 0 Å². The van der Waals surface area contributed by atoms with Crippen LogP contribution in [0.4, 0.5) is 0 Å². The average Bonchev–Trinajstić information content (AvgIpc) is 2.42. The molecule has 1 aliphatic heterocycles. The third-order valence-corrected chi connectivity index (χ3v) is 3.14. The summed E-state index contributed by atoms with van der Waals surface area (Å²) >= 11 is 0. The van der Waals surface area contributed by atoms with Gasteiger partial charge in [0.2, 0.25) is 5.91 Å². The van der Waals surface area contributed by atoms with Gasteiger partial charge >= 0.3 is 11.9 Å². The highest BCUT2D eigenvalue weighted by Crippen LogP contribution is 2.06. The van der Waals surface area contributed by atoms with Crippen molar-refractivity contribution < 1.29 is 24.2 Å². The zero-order valence-electron chi connectivity index (χ0n) is 11.1. The summed E-state index contributed by atoms with van der Waals surface area (Å²) in [6.45, 7) is 3.20. The van der Waals surface area contributed by atoms with Gasteiger partial charge in [-0.1, -0.05) is 0 Å². The molecule has 0 aliphatic carbocycles. The quantitative estimate of drug-likeness (QED) is 0.659. The molecule has 1 rings (SSSR count). The number of carbonyl (C=O) groups excluding carboxylic acids is 2. The molecule has 1 fully saturated rings. The van der Waals surface area contributed by atoms with E-state index in [0.717, 1.165) is 0 Å². The Labute approximate surface area is 112 Å². The summed E-state index contributed by atoms with van der Waals surface area (Å²) in [5, 5.41) is 8.53. The first-order valence-electron chi connectivity index (χ1n) is 6.31. The first-order valence-corrected chi connectivity index (χ1v) is 6.31. The highest BCUT2D eigenvalue weighted by atomic mass is 16.5. The fourth-order valence-electron chi connectivity index (χ4n) is 1.94. The van der Waals surface area contributed by atoms with Crippen molar-refractivity contribution >= 4 is 17.8 Å². The molecular weight excluding hydrogens is 252 g/mol. The number of carboxylic acid groups (broad SMARTS) is 1. The smallest absolute Gasteiger partial charge is 0.306 e. The SMILES string of the molecule is COC(=O)CCN1CCN(C(=O)CCC(=O)O)CC1. The van der Waals surface area contributed by atoms with Crippen molar-refractivity contribution in [1.29, 1.82) is 0 Å². The first-order chi connectivity index (χ1) is 9.02. The van der Waals surface area contributed by atoms with E-state index in [1.807, 2.05) is 0 Å². The van der Waals surface area contributed by atoms with E-state index >= 15 is 0 Å². The predicted molar refractivity (Wildman–Crippen MR) is 66.5 cm³/mol. The number of esters is 1. The van der Waals surface area contributed by atoms with Crippen LogP contribution < -0.4 is 0 Å². The second kappa shape index (κ2) is 7.73. The lowest BCUT2D eigenvalue weighted by Gasteiger charge is -2.34. The van der Waals surface area contributed by atoms with E-state index in [1.165, 1.54) is 7.11 Å². The van der Waals surface area contributed by atoms with E-state index in [2.05, 4.69) is 9.64 Å². The molecular formula is C12H20N2O5. The maximum atomic E-state index is 11.7. The van der Waals surface area contributed by atoms with Crippen LogP contribution in [0.1, 0.15) is 19.3 Å². The Morgan fingerprint density at radius 2 is 1.68 bits per heavy atom. The van der Waals surface area contributed by atoms with Gasteiger partial charge in [-0.3, -0.25) is 19.3 Å². The molecule has 0 aromatic carbocycles. The van der Waals surface area contributed by atoms with Crippen molar-refractivity contribution in [2.24, 2.45) is 0 Å². The average molecular weight is 272 g/mol. The van der Waals surface area contributed by atoms with Crippen molar-refractivity contribution in [3.05, 3.63) is 0 Å². The summed E-state index contributed by atoms with van der Waals surface area (Å²) in [6.07, 6.45) is 0.280. The summed E-state index contributed by atoms with van der Waals surface area (Å²) in [6, 6.07) is 0. The normalized spacial score (nSPS) is 16.2. The zero-order chi connectivity index (χ0) is 14.3. The minimum atomic E-state index is -0.954. The number of rotatable bonds is 6. The van der Waals surface area contributed by atoms with Crippen LogP contribution in [-0.4, -0.2) is 72.6 Å². The molecule has 0 bridgehead atoms. The summed E-state index contributed by atoms with van der Waals surface area (Å²) in [5.41, 5.74) is 0. The highest BCUT2D eigenvalue weighted by molar-refractivity contribution is 5.80. The van der Waals surface area contributed by atoms with E-state index in [9.17, 15) is 14.4 Å². The van der Waals surface area contributed by atoms with Crippen LogP contribution >= 0.6 is 0 Å². The van der Waals surface area contributed by atoms with E-state index < -0.39 is 5.97 Å². The van der Waals surface area contributed by atoms with Gasteiger partial charge in [-0.15, -0.1) is 0 Å². The van der Waals surface area contributed by atoms with Crippen LogP contribution in [0.25, 0.3) is 0 Å². The van der Waals surface area contributed by atoms with Crippen molar-refractivity contribution in [3.63, 3.8) is 0 Å². The molecule has 0 saturated carbocycles. The molecule has 7 nitrogen and oxygen atoms in total. The van der Waals surface area contributed by atoms with Gasteiger partial charge < -0.3 is 14.7 Å². The Kier molecular flexibility index (Phi) is 6.27. The van der Waals surface area contributed by atoms with Crippen LogP contribution in [-0.2, 0) is 19.1 Å².